The molecule has 2 fully saturated rings. The van der Waals surface area contributed by atoms with Crippen LogP contribution < -0.4 is 5.73 Å². The predicted molar refractivity (Wildman–Crippen MR) is 237 cm³/mol. The number of carbonyl (C=O) groups excluding carboxylic acids is 1. The number of aliphatic hydroxyl groups excluding tert-OH is 9. The van der Waals surface area contributed by atoms with E-state index in [-0.39, 0.29) is 31.6 Å². The van der Waals surface area contributed by atoms with Gasteiger partial charge in [-0.1, -0.05) is 98.9 Å². The van der Waals surface area contributed by atoms with E-state index in [1.54, 1.807) is 80.7 Å². The topological polar surface area (TPSA) is 320 Å². The zero-order valence-corrected chi connectivity index (χ0v) is 37.6. The van der Waals surface area contributed by atoms with Gasteiger partial charge in [0.2, 0.25) is 0 Å². The minimum atomic E-state index is -2.33. The Morgan fingerprint density at radius 1 is 0.662 bits per heavy atom. The second-order valence-electron chi connectivity index (χ2n) is 17.6. The summed E-state index contributed by atoms with van der Waals surface area (Å²) >= 11 is 0. The molecule has 3 aliphatic rings. The van der Waals surface area contributed by atoms with E-state index in [0.29, 0.717) is 0 Å². The van der Waals surface area contributed by atoms with Crippen LogP contribution in [0.15, 0.2) is 85.1 Å². The molecule has 0 spiro atoms. The molecule has 0 unspecified atom stereocenters. The van der Waals surface area contributed by atoms with Crippen LogP contribution >= 0.6 is 0 Å². The minimum absolute atomic E-state index is 0.107. The summed E-state index contributed by atoms with van der Waals surface area (Å²) in [6, 6.07) is -1.15. The third-order valence-electron chi connectivity index (χ3n) is 12.0. The first-order valence-electron chi connectivity index (χ1n) is 22.3. The molecular weight excluding hydrogens is 851 g/mol. The molecule has 18 nitrogen and oxygen atoms in total. The summed E-state index contributed by atoms with van der Waals surface area (Å²) in [5, 5.41) is 118. The van der Waals surface area contributed by atoms with Gasteiger partial charge in [0.05, 0.1) is 79.6 Å². The lowest BCUT2D eigenvalue weighted by molar-refractivity contribution is -0.308. The molecule has 18 heteroatoms. The molecule has 2 saturated heterocycles. The Morgan fingerprint density at radius 2 is 1.23 bits per heavy atom. The number of esters is 1. The van der Waals surface area contributed by atoms with Crippen molar-refractivity contribution in [2.24, 2.45) is 23.5 Å². The van der Waals surface area contributed by atoms with E-state index in [4.69, 9.17) is 24.7 Å². The summed E-state index contributed by atoms with van der Waals surface area (Å²) < 4.78 is 23.1. The SMILES string of the molecule is C[C@@H]1[C@H](O)[C@@H](C)\C=C/C=C\C=C/C=C\C=C/C=C\C=C/[C@H](O[C@H]2O[C@@H](C)[C@H](O)[C@@H](N)[C@H]2O)C[C@@H]2O[C@](O)(C[C@@H](O)C[C@@H](O)[C@H](O)CC[C@@H](O)C[C@@H](O)CC(=O)O[C@H]1C)C[C@H](O)[C@H]2C(=O)O. The molecule has 0 aliphatic carbocycles. The van der Waals surface area contributed by atoms with Crippen molar-refractivity contribution in [1.82, 2.24) is 0 Å². The fourth-order valence-corrected chi connectivity index (χ4v) is 7.97. The van der Waals surface area contributed by atoms with Crippen LogP contribution in [0.2, 0.25) is 0 Å². The number of hydrogen-bond acceptors (Lipinski definition) is 17. The molecule has 0 radical (unpaired) electrons. The largest absolute Gasteiger partial charge is 0.481 e. The van der Waals surface area contributed by atoms with Gasteiger partial charge >= 0.3 is 11.9 Å². The number of cyclic esters (lactones) is 1. The molecule has 0 saturated carbocycles. The quantitative estimate of drug-likeness (QED) is 0.174. The van der Waals surface area contributed by atoms with E-state index in [0.717, 1.165) is 0 Å². The number of rotatable bonds is 3. The number of hydrogen-bond donors (Lipinski definition) is 12. The molecule has 0 amide bonds. The molecule has 2 bridgehead atoms. The number of allylic oxidation sites excluding steroid dienone is 12. The molecule has 3 aliphatic heterocycles. The van der Waals surface area contributed by atoms with Crippen LogP contribution in [-0.2, 0) is 28.5 Å². The van der Waals surface area contributed by atoms with E-state index < -0.39 is 147 Å². The molecular formula is C47H73NO17. The zero-order valence-electron chi connectivity index (χ0n) is 37.6. The highest BCUT2D eigenvalue weighted by molar-refractivity contribution is 5.71. The average Bonchev–Trinajstić information content (AvgIpc) is 3.21. The van der Waals surface area contributed by atoms with Gasteiger partial charge in [0.15, 0.2) is 12.1 Å². The van der Waals surface area contributed by atoms with Crippen LogP contribution in [0.5, 0.6) is 0 Å². The predicted octanol–water partition coefficient (Wildman–Crippen LogP) is 0.712. The first-order valence-corrected chi connectivity index (χ1v) is 22.3. The smallest absolute Gasteiger partial charge is 0.311 e. The van der Waals surface area contributed by atoms with Crippen LogP contribution in [0, 0.1) is 17.8 Å². The fraction of sp³-hybridized carbons (Fsp3) is 0.660. The van der Waals surface area contributed by atoms with Gasteiger partial charge in [0.25, 0.3) is 0 Å². The molecule has 0 aromatic carbocycles. The van der Waals surface area contributed by atoms with Crippen molar-refractivity contribution >= 4 is 11.9 Å². The fourth-order valence-electron chi connectivity index (χ4n) is 7.97. The summed E-state index contributed by atoms with van der Waals surface area (Å²) in [4.78, 5) is 25.1. The standard InChI is InChI=1S/C47H73NO17/c1-27-17-15-13-11-9-7-5-6-8-10-12-14-16-18-34(64-46-44(58)41(48)43(57)30(4)63-46)24-38-40(45(59)60)37(54)26-47(61,65-38)25-33(51)22-36(53)35(52)20-19-31(49)21-32(50)23-39(55)62-29(3)28(2)42(27)56/h5-18,27-38,40-44,46,49-54,56-58,61H,19-26,48H2,1-4H3,(H,59,60)/b6-5-,9-7-,10-8-,13-11-,14-12-,17-15-,18-16-/t27-,28-,29-,30-,31+,32+,33-,34-,35+,36+,37-,38-,40+,41+,42+,43-,44+,46+,47+/m0/s1. The number of ether oxygens (including phenoxy) is 4. The normalized spacial score (nSPS) is 45.5. The monoisotopic (exact) mass is 923 g/mol. The van der Waals surface area contributed by atoms with Crippen molar-refractivity contribution in [3.8, 4) is 0 Å². The van der Waals surface area contributed by atoms with Gasteiger partial charge in [0, 0.05) is 37.5 Å². The summed E-state index contributed by atoms with van der Waals surface area (Å²) in [5.41, 5.74) is 6.02. The van der Waals surface area contributed by atoms with Gasteiger partial charge in [-0.25, -0.2) is 0 Å². The third kappa shape index (κ3) is 18.6. The van der Waals surface area contributed by atoms with E-state index >= 15 is 0 Å². The van der Waals surface area contributed by atoms with E-state index in [9.17, 15) is 65.8 Å². The third-order valence-corrected chi connectivity index (χ3v) is 12.0. The lowest BCUT2D eigenvalue weighted by atomic mass is 9.82. The van der Waals surface area contributed by atoms with Crippen LogP contribution in [0.4, 0.5) is 0 Å². The number of carboxylic acids is 1. The Hall–Kier alpha value is -3.44. The number of carboxylic acid groups (broad SMARTS) is 1. The number of aliphatic carboxylic acids is 1. The van der Waals surface area contributed by atoms with Gasteiger partial charge in [0.1, 0.15) is 18.1 Å². The van der Waals surface area contributed by atoms with Crippen LogP contribution in [0.3, 0.4) is 0 Å². The highest BCUT2D eigenvalue weighted by Gasteiger charge is 2.51. The second-order valence-corrected chi connectivity index (χ2v) is 17.6. The van der Waals surface area contributed by atoms with Gasteiger partial charge in [-0.2, -0.15) is 0 Å². The zero-order chi connectivity index (χ0) is 48.4. The van der Waals surface area contributed by atoms with E-state index in [2.05, 4.69) is 0 Å². The Labute approximate surface area is 381 Å². The first kappa shape index (κ1) is 55.9. The second kappa shape index (κ2) is 27.4. The maximum Gasteiger partial charge on any atom is 0.311 e. The molecule has 19 atom stereocenters. The van der Waals surface area contributed by atoms with Gasteiger partial charge in [-0.15, -0.1) is 0 Å². The van der Waals surface area contributed by atoms with E-state index in [1.807, 2.05) is 19.1 Å². The minimum Gasteiger partial charge on any atom is -0.481 e. The lowest BCUT2D eigenvalue weighted by Crippen LogP contribution is -2.61. The number of aliphatic hydroxyl groups is 10. The van der Waals surface area contributed by atoms with Crippen molar-refractivity contribution in [1.29, 1.82) is 0 Å². The highest BCUT2D eigenvalue weighted by atomic mass is 16.7. The summed E-state index contributed by atoms with van der Waals surface area (Å²) in [7, 11) is 0. The maximum absolute atomic E-state index is 12.6. The van der Waals surface area contributed by atoms with Crippen molar-refractivity contribution in [2.75, 3.05) is 0 Å². The van der Waals surface area contributed by atoms with Crippen LogP contribution in [-0.4, -0.2) is 166 Å². The van der Waals surface area contributed by atoms with Crippen LogP contribution in [0.1, 0.15) is 79.1 Å². The maximum atomic E-state index is 12.6. The van der Waals surface area contributed by atoms with Crippen LogP contribution in [0.25, 0.3) is 0 Å². The van der Waals surface area contributed by atoms with Crippen molar-refractivity contribution in [3.05, 3.63) is 85.1 Å². The molecule has 13 N–H and O–H groups in total. The van der Waals surface area contributed by atoms with Crippen molar-refractivity contribution in [2.45, 2.75) is 177 Å². The van der Waals surface area contributed by atoms with Gasteiger partial charge in [-0.05, 0) is 33.1 Å². The molecule has 65 heavy (non-hydrogen) atoms. The number of carbonyl (C=O) groups is 2. The molecule has 0 aromatic rings. The summed E-state index contributed by atoms with van der Waals surface area (Å²) in [5.74, 6) is -6.83. The first-order chi connectivity index (χ1) is 30.6. The van der Waals surface area contributed by atoms with E-state index in [1.165, 1.54) is 13.0 Å². The van der Waals surface area contributed by atoms with Gasteiger partial charge < -0.3 is 80.9 Å². The Morgan fingerprint density at radius 3 is 1.82 bits per heavy atom. The molecule has 3 heterocycles. The lowest BCUT2D eigenvalue weighted by Gasteiger charge is -2.45. The molecule has 368 valence electrons. The van der Waals surface area contributed by atoms with Crippen molar-refractivity contribution in [3.63, 3.8) is 0 Å². The Balaban J connectivity index is 1.86. The highest BCUT2D eigenvalue weighted by Crippen LogP contribution is 2.38. The molecule has 0 aromatic heterocycles. The van der Waals surface area contributed by atoms with Crippen molar-refractivity contribution < 1.29 is 84.7 Å². The molecule has 3 rings (SSSR count). The Bertz CT molecular complexity index is 1670. The summed E-state index contributed by atoms with van der Waals surface area (Å²) in [6.07, 6.45) is 3.46. The van der Waals surface area contributed by atoms with Gasteiger partial charge in [-0.3, -0.25) is 9.59 Å². The number of fused-ring (bicyclic) bond motifs is 2. The average molecular weight is 924 g/mol. The Kier molecular flexibility index (Phi) is 23.6. The number of nitrogens with two attached hydrogens (primary N) is 1. The summed E-state index contributed by atoms with van der Waals surface area (Å²) in [6.45, 7) is 6.74.